The highest BCUT2D eigenvalue weighted by molar-refractivity contribution is 5.85. The molecule has 0 bridgehead atoms. The van der Waals surface area contributed by atoms with Crippen molar-refractivity contribution in [3.8, 4) is 0 Å². The Morgan fingerprint density at radius 2 is 2.04 bits per heavy atom. The average Bonchev–Trinajstić information content (AvgIpc) is 2.46. The number of piperidine rings is 1. The van der Waals surface area contributed by atoms with E-state index in [1.165, 1.54) is 6.07 Å². The van der Waals surface area contributed by atoms with Gasteiger partial charge >= 0.3 is 0 Å². The van der Waals surface area contributed by atoms with Crippen LogP contribution in [0.1, 0.15) is 32.3 Å². The van der Waals surface area contributed by atoms with Gasteiger partial charge in [0.2, 0.25) is 5.91 Å². The molecule has 3 atom stereocenters. The van der Waals surface area contributed by atoms with Gasteiger partial charge in [-0.3, -0.25) is 4.79 Å². The monoisotopic (exact) mass is 379 g/mol. The largest absolute Gasteiger partial charge is 0.369 e. The van der Waals surface area contributed by atoms with Gasteiger partial charge in [0.1, 0.15) is 5.82 Å². The molecular weight excluding hydrogens is 352 g/mol. The molecule has 1 fully saturated rings. The second kappa shape index (κ2) is 10.1. The van der Waals surface area contributed by atoms with Crippen molar-refractivity contribution in [2.75, 3.05) is 18.0 Å². The molecule has 1 heterocycles. The van der Waals surface area contributed by atoms with Gasteiger partial charge in [0.25, 0.3) is 0 Å². The fourth-order valence-corrected chi connectivity index (χ4v) is 2.86. The van der Waals surface area contributed by atoms with Crippen molar-refractivity contribution in [1.82, 2.24) is 5.32 Å². The summed E-state index contributed by atoms with van der Waals surface area (Å²) in [4.78, 5) is 14.4. The number of nitrogens with one attached hydrogen (secondary N) is 1. The molecule has 1 aromatic rings. The molecule has 138 valence electrons. The Labute approximate surface area is 156 Å². The maximum Gasteiger partial charge on any atom is 0.224 e. The van der Waals surface area contributed by atoms with Gasteiger partial charge in [0.05, 0.1) is 0 Å². The molecule has 3 N–H and O–H groups in total. The number of anilines is 1. The summed E-state index contributed by atoms with van der Waals surface area (Å²) >= 11 is 0. The van der Waals surface area contributed by atoms with Crippen LogP contribution in [0.2, 0.25) is 0 Å². The molecule has 7 heteroatoms. The molecule has 1 amide bonds. The Balaban J connectivity index is 0.00000264. The molecule has 24 heavy (non-hydrogen) atoms. The van der Waals surface area contributed by atoms with Gasteiger partial charge in [-0.1, -0.05) is 6.92 Å². The van der Waals surface area contributed by atoms with Crippen molar-refractivity contribution in [3.63, 3.8) is 0 Å². The van der Waals surface area contributed by atoms with Gasteiger partial charge in [-0.2, -0.15) is 0 Å². The molecule has 4 nitrogen and oxygen atoms in total. The number of amides is 1. The summed E-state index contributed by atoms with van der Waals surface area (Å²) < 4.78 is 13.2. The van der Waals surface area contributed by atoms with Crippen molar-refractivity contribution in [2.45, 2.75) is 45.7 Å². The van der Waals surface area contributed by atoms with Crippen LogP contribution >= 0.6 is 24.8 Å². The molecular formula is C17H28Cl2FN3O. The Kier molecular flexibility index (Phi) is 9.63. The van der Waals surface area contributed by atoms with Gasteiger partial charge in [0, 0.05) is 36.8 Å². The lowest BCUT2D eigenvalue weighted by molar-refractivity contribution is -0.125. The first-order valence-corrected chi connectivity index (χ1v) is 7.95. The molecule has 0 aromatic heterocycles. The predicted molar refractivity (Wildman–Crippen MR) is 102 cm³/mol. The summed E-state index contributed by atoms with van der Waals surface area (Å²) in [5.41, 5.74) is 7.76. The standard InChI is InChI=1S/C17H26FN3O.2ClH/c1-11-9-14(18)6-7-16(11)21-8-4-5-15(10-21)20-17(22)12(2)13(3)19;;/h6-7,9,12-13,15H,4-5,8,10,19H2,1-3H3,(H,20,22);2*1H. The minimum atomic E-state index is -0.214. The Bertz CT molecular complexity index is 543. The highest BCUT2D eigenvalue weighted by atomic mass is 35.5. The van der Waals surface area contributed by atoms with Crippen LogP contribution in [0, 0.1) is 18.7 Å². The molecule has 0 saturated carbocycles. The molecule has 0 aliphatic carbocycles. The highest BCUT2D eigenvalue weighted by Crippen LogP contribution is 2.24. The SMILES string of the molecule is Cc1cc(F)ccc1N1CCCC(NC(=O)C(C)C(C)N)C1.Cl.Cl. The number of nitrogens with zero attached hydrogens (tertiary/aromatic N) is 1. The Morgan fingerprint density at radius 3 is 2.62 bits per heavy atom. The third-order valence-electron chi connectivity index (χ3n) is 4.47. The van der Waals surface area contributed by atoms with Crippen LogP contribution in [0.5, 0.6) is 0 Å². The Morgan fingerprint density at radius 1 is 1.38 bits per heavy atom. The number of hydrogen-bond acceptors (Lipinski definition) is 3. The summed E-state index contributed by atoms with van der Waals surface area (Å²) in [5, 5.41) is 3.10. The van der Waals surface area contributed by atoms with E-state index < -0.39 is 0 Å². The highest BCUT2D eigenvalue weighted by Gasteiger charge is 2.25. The van der Waals surface area contributed by atoms with Crippen molar-refractivity contribution in [1.29, 1.82) is 0 Å². The molecule has 1 aliphatic rings. The number of hydrogen-bond donors (Lipinski definition) is 2. The summed E-state index contributed by atoms with van der Waals surface area (Å²) in [5.74, 6) is -0.394. The first-order valence-electron chi connectivity index (χ1n) is 7.95. The molecule has 0 radical (unpaired) electrons. The van der Waals surface area contributed by atoms with Crippen LogP contribution in [0.4, 0.5) is 10.1 Å². The zero-order valence-electron chi connectivity index (χ0n) is 14.4. The minimum absolute atomic E-state index is 0. The van der Waals surface area contributed by atoms with Crippen LogP contribution < -0.4 is 16.0 Å². The van der Waals surface area contributed by atoms with Crippen LogP contribution in [-0.4, -0.2) is 31.1 Å². The molecule has 2 rings (SSSR count). The van der Waals surface area contributed by atoms with Crippen LogP contribution in [0.25, 0.3) is 0 Å². The van der Waals surface area contributed by atoms with E-state index in [4.69, 9.17) is 5.73 Å². The van der Waals surface area contributed by atoms with E-state index in [-0.39, 0.29) is 54.5 Å². The lowest BCUT2D eigenvalue weighted by Crippen LogP contribution is -2.50. The van der Waals surface area contributed by atoms with Gasteiger partial charge in [-0.05, 0) is 50.5 Å². The van der Waals surface area contributed by atoms with Gasteiger partial charge in [0.15, 0.2) is 0 Å². The first-order chi connectivity index (χ1) is 10.4. The fraction of sp³-hybridized carbons (Fsp3) is 0.588. The van der Waals surface area contributed by atoms with E-state index in [1.54, 1.807) is 6.07 Å². The molecule has 1 aromatic carbocycles. The lowest BCUT2D eigenvalue weighted by atomic mass is 10.00. The van der Waals surface area contributed by atoms with Gasteiger partial charge < -0.3 is 16.0 Å². The zero-order chi connectivity index (χ0) is 16.3. The van der Waals surface area contributed by atoms with Crippen LogP contribution in [0.15, 0.2) is 18.2 Å². The van der Waals surface area contributed by atoms with E-state index in [9.17, 15) is 9.18 Å². The van der Waals surface area contributed by atoms with Crippen molar-refractivity contribution >= 4 is 36.4 Å². The second-order valence-corrected chi connectivity index (χ2v) is 6.37. The smallest absolute Gasteiger partial charge is 0.224 e. The van der Waals surface area contributed by atoms with Crippen molar-refractivity contribution < 1.29 is 9.18 Å². The summed E-state index contributed by atoms with van der Waals surface area (Å²) in [6.07, 6.45) is 1.97. The van der Waals surface area contributed by atoms with Gasteiger partial charge in [-0.15, -0.1) is 24.8 Å². The second-order valence-electron chi connectivity index (χ2n) is 6.37. The number of benzene rings is 1. The topological polar surface area (TPSA) is 58.4 Å². The third kappa shape index (κ3) is 5.80. The summed E-state index contributed by atoms with van der Waals surface area (Å²) in [7, 11) is 0. The number of nitrogens with two attached hydrogens (primary N) is 1. The summed E-state index contributed by atoms with van der Waals surface area (Å²) in [6, 6.07) is 4.82. The normalized spacial score (nSPS) is 19.5. The number of aryl methyl sites for hydroxylation is 1. The zero-order valence-corrected chi connectivity index (χ0v) is 16.1. The maximum absolute atomic E-state index is 13.2. The minimum Gasteiger partial charge on any atom is -0.369 e. The quantitative estimate of drug-likeness (QED) is 0.844. The fourth-order valence-electron chi connectivity index (χ4n) is 2.86. The number of rotatable bonds is 4. The lowest BCUT2D eigenvalue weighted by Gasteiger charge is -2.36. The molecule has 3 unspecified atom stereocenters. The van der Waals surface area contributed by atoms with E-state index in [1.807, 2.05) is 26.8 Å². The van der Waals surface area contributed by atoms with Crippen molar-refractivity contribution in [2.24, 2.45) is 11.7 Å². The van der Waals surface area contributed by atoms with Crippen LogP contribution in [0.3, 0.4) is 0 Å². The number of carbonyl (C=O) groups excluding carboxylic acids is 1. The molecule has 0 spiro atoms. The van der Waals surface area contributed by atoms with Crippen molar-refractivity contribution in [3.05, 3.63) is 29.6 Å². The van der Waals surface area contributed by atoms with E-state index in [0.717, 1.165) is 37.2 Å². The molecule has 1 aliphatic heterocycles. The Hall–Kier alpha value is -1.04. The third-order valence-corrected chi connectivity index (χ3v) is 4.47. The van der Waals surface area contributed by atoms with E-state index in [2.05, 4.69) is 10.2 Å². The maximum atomic E-state index is 13.2. The number of halogens is 3. The average molecular weight is 380 g/mol. The predicted octanol–water partition coefficient (Wildman–Crippen LogP) is 3.05. The summed E-state index contributed by atoms with van der Waals surface area (Å²) in [6.45, 7) is 7.30. The first kappa shape index (κ1) is 23.0. The van der Waals surface area contributed by atoms with E-state index >= 15 is 0 Å². The van der Waals surface area contributed by atoms with Crippen LogP contribution in [-0.2, 0) is 4.79 Å². The molecule has 1 saturated heterocycles. The van der Waals surface area contributed by atoms with Gasteiger partial charge in [-0.25, -0.2) is 4.39 Å². The number of carbonyl (C=O) groups is 1. The van der Waals surface area contributed by atoms with E-state index in [0.29, 0.717) is 0 Å².